The number of hydrogen-bond donors (Lipinski definition) is 0. The molecule has 0 fully saturated rings. The minimum Gasteiger partial charge on any atom is -0.479 e. The number of pyridine rings is 1. The maximum atomic E-state index is 13.3. The first kappa shape index (κ1) is 20.1. The first-order valence-electron chi connectivity index (χ1n) is 10.2. The largest absolute Gasteiger partial charge is 0.479 e. The summed E-state index contributed by atoms with van der Waals surface area (Å²) in [6.45, 7) is 3.05. The highest BCUT2D eigenvalue weighted by Gasteiger charge is 2.26. The number of nitrogens with zero attached hydrogens (tertiary/aromatic N) is 6. The summed E-state index contributed by atoms with van der Waals surface area (Å²) in [5, 5.41) is 4.56. The molecule has 8 nitrogen and oxygen atoms in total. The monoisotopic (exact) mass is 432 g/mol. The molecule has 4 aromatic rings. The molecular weight excluding hydrogens is 411 g/mol. The van der Waals surface area contributed by atoms with Gasteiger partial charge in [-0.1, -0.05) is 12.1 Å². The van der Waals surface area contributed by atoms with E-state index in [2.05, 4.69) is 20.1 Å². The molecule has 0 N–H and O–H groups in total. The number of rotatable bonds is 5. The lowest BCUT2D eigenvalue weighted by Crippen LogP contribution is -2.23. The number of methoxy groups -OCH3 is 1. The van der Waals surface area contributed by atoms with E-state index in [-0.39, 0.29) is 11.9 Å². The molecule has 1 aliphatic heterocycles. The van der Waals surface area contributed by atoms with E-state index in [1.54, 1.807) is 31.6 Å². The fourth-order valence-electron chi connectivity index (χ4n) is 3.62. The molecule has 3 aromatic heterocycles. The number of aromatic nitrogens is 6. The molecule has 0 spiro atoms. The standard InChI is InChI=1S/C23H21FN6O2/c1-15-13-29(14-25-15)19-9-7-18(26-23(19)31-2)8-10-20-27-22-21(32-12-11-30(22)28-20)16-3-5-17(24)6-4-16/h3-10,13-14,21H,11-12H2,1-2H3/t21-/m1/s1. The van der Waals surface area contributed by atoms with Crippen molar-refractivity contribution in [3.63, 3.8) is 0 Å². The number of hydrogen-bond acceptors (Lipinski definition) is 6. The Morgan fingerprint density at radius 3 is 2.72 bits per heavy atom. The number of fused-ring (bicyclic) bond motifs is 1. The van der Waals surface area contributed by atoms with E-state index >= 15 is 0 Å². The lowest BCUT2D eigenvalue weighted by molar-refractivity contribution is 0.0389. The molecule has 1 atom stereocenters. The van der Waals surface area contributed by atoms with Crippen LogP contribution in [0.1, 0.15) is 34.7 Å². The third-order valence-electron chi connectivity index (χ3n) is 5.16. The number of aryl methyl sites for hydroxylation is 1. The third-order valence-corrected chi connectivity index (χ3v) is 5.16. The van der Waals surface area contributed by atoms with E-state index < -0.39 is 0 Å². The predicted molar refractivity (Wildman–Crippen MR) is 116 cm³/mol. The first-order chi connectivity index (χ1) is 15.6. The van der Waals surface area contributed by atoms with Crippen molar-refractivity contribution < 1.29 is 13.9 Å². The van der Waals surface area contributed by atoms with Crippen LogP contribution in [0.4, 0.5) is 4.39 Å². The summed E-state index contributed by atoms with van der Waals surface area (Å²) in [5.74, 6) is 1.45. The Bertz CT molecular complexity index is 1280. The fraction of sp³-hybridized carbons (Fsp3) is 0.217. The maximum Gasteiger partial charge on any atom is 0.238 e. The summed E-state index contributed by atoms with van der Waals surface area (Å²) < 4.78 is 28.3. The number of benzene rings is 1. The van der Waals surface area contributed by atoms with Crippen molar-refractivity contribution in [1.82, 2.24) is 29.3 Å². The van der Waals surface area contributed by atoms with Gasteiger partial charge in [0.2, 0.25) is 5.88 Å². The normalized spacial score (nSPS) is 15.8. The molecule has 0 aliphatic carbocycles. The zero-order chi connectivity index (χ0) is 22.1. The molecule has 0 saturated heterocycles. The Labute approximate surface area is 184 Å². The molecule has 0 amide bonds. The van der Waals surface area contributed by atoms with Crippen LogP contribution in [0.5, 0.6) is 5.88 Å². The molecule has 5 rings (SSSR count). The summed E-state index contributed by atoms with van der Waals surface area (Å²) in [7, 11) is 1.59. The lowest BCUT2D eigenvalue weighted by Gasteiger charge is -2.23. The van der Waals surface area contributed by atoms with Gasteiger partial charge in [0, 0.05) is 6.20 Å². The summed E-state index contributed by atoms with van der Waals surface area (Å²) >= 11 is 0. The van der Waals surface area contributed by atoms with Gasteiger partial charge in [-0.3, -0.25) is 0 Å². The van der Waals surface area contributed by atoms with E-state index in [1.165, 1.54) is 12.1 Å². The number of halogens is 1. The van der Waals surface area contributed by atoms with Crippen molar-refractivity contribution in [3.05, 3.63) is 83.3 Å². The lowest BCUT2D eigenvalue weighted by atomic mass is 10.1. The number of imidazole rings is 1. The Balaban J connectivity index is 1.40. The molecular formula is C23H21FN6O2. The average Bonchev–Trinajstić information content (AvgIpc) is 3.43. The molecule has 32 heavy (non-hydrogen) atoms. The van der Waals surface area contributed by atoms with Crippen LogP contribution in [-0.2, 0) is 11.3 Å². The third kappa shape index (κ3) is 3.90. The van der Waals surface area contributed by atoms with Gasteiger partial charge >= 0.3 is 0 Å². The smallest absolute Gasteiger partial charge is 0.238 e. The second-order valence-corrected chi connectivity index (χ2v) is 7.37. The topological polar surface area (TPSA) is 79.9 Å². The highest BCUT2D eigenvalue weighted by molar-refractivity contribution is 5.65. The highest BCUT2D eigenvalue weighted by Crippen LogP contribution is 2.28. The highest BCUT2D eigenvalue weighted by atomic mass is 19.1. The van der Waals surface area contributed by atoms with E-state index in [0.717, 1.165) is 16.9 Å². The zero-order valence-electron chi connectivity index (χ0n) is 17.6. The van der Waals surface area contributed by atoms with Crippen LogP contribution >= 0.6 is 0 Å². The van der Waals surface area contributed by atoms with Crippen LogP contribution < -0.4 is 4.74 Å². The molecule has 1 aliphatic rings. The van der Waals surface area contributed by atoms with Crippen molar-refractivity contribution in [2.45, 2.75) is 19.6 Å². The van der Waals surface area contributed by atoms with Gasteiger partial charge in [-0.2, -0.15) is 5.10 Å². The Hall–Kier alpha value is -3.85. The molecule has 0 radical (unpaired) electrons. The van der Waals surface area contributed by atoms with Crippen molar-refractivity contribution in [1.29, 1.82) is 0 Å². The Kier molecular flexibility index (Phi) is 5.24. The first-order valence-corrected chi connectivity index (χ1v) is 10.2. The Morgan fingerprint density at radius 2 is 1.97 bits per heavy atom. The maximum absolute atomic E-state index is 13.3. The molecule has 0 bridgehead atoms. The predicted octanol–water partition coefficient (Wildman–Crippen LogP) is 3.60. The van der Waals surface area contributed by atoms with Crippen molar-refractivity contribution in [3.8, 4) is 11.6 Å². The van der Waals surface area contributed by atoms with Crippen LogP contribution in [0, 0.1) is 12.7 Å². The van der Waals surface area contributed by atoms with Gasteiger partial charge in [0.15, 0.2) is 11.6 Å². The van der Waals surface area contributed by atoms with E-state index in [4.69, 9.17) is 9.47 Å². The summed E-state index contributed by atoms with van der Waals surface area (Å²) in [4.78, 5) is 13.4. The van der Waals surface area contributed by atoms with Crippen molar-refractivity contribution in [2.24, 2.45) is 0 Å². The van der Waals surface area contributed by atoms with Crippen LogP contribution in [0.15, 0.2) is 48.9 Å². The van der Waals surface area contributed by atoms with Gasteiger partial charge in [-0.15, -0.1) is 0 Å². The molecule has 162 valence electrons. The van der Waals surface area contributed by atoms with E-state index in [0.29, 0.717) is 36.4 Å². The molecule has 4 heterocycles. The van der Waals surface area contributed by atoms with Gasteiger partial charge < -0.3 is 14.0 Å². The minimum atomic E-state index is -0.380. The van der Waals surface area contributed by atoms with Crippen LogP contribution in [0.25, 0.3) is 17.8 Å². The SMILES string of the molecule is COc1nc(C=Cc2nc3n(n2)CCO[C@@H]3c2ccc(F)cc2)ccc1-n1cnc(C)c1. The number of ether oxygens (including phenoxy) is 2. The average molecular weight is 432 g/mol. The van der Waals surface area contributed by atoms with Gasteiger partial charge in [0.05, 0.1) is 38.0 Å². The second-order valence-electron chi connectivity index (χ2n) is 7.37. The minimum absolute atomic E-state index is 0.285. The van der Waals surface area contributed by atoms with Crippen molar-refractivity contribution >= 4 is 12.2 Å². The summed E-state index contributed by atoms with van der Waals surface area (Å²) in [6.07, 6.45) is 6.89. The molecule has 0 saturated carbocycles. The molecule has 0 unspecified atom stereocenters. The molecule has 9 heteroatoms. The van der Waals surface area contributed by atoms with Gasteiger partial charge in [-0.05, 0) is 48.9 Å². The van der Waals surface area contributed by atoms with E-state index in [9.17, 15) is 4.39 Å². The zero-order valence-corrected chi connectivity index (χ0v) is 17.6. The Morgan fingerprint density at radius 1 is 1.12 bits per heavy atom. The van der Waals surface area contributed by atoms with Crippen LogP contribution in [-0.4, -0.2) is 43.0 Å². The van der Waals surface area contributed by atoms with E-state index in [1.807, 2.05) is 40.6 Å². The van der Waals surface area contributed by atoms with Gasteiger partial charge in [0.25, 0.3) is 0 Å². The van der Waals surface area contributed by atoms with Crippen LogP contribution in [0.3, 0.4) is 0 Å². The van der Waals surface area contributed by atoms with Gasteiger partial charge in [0.1, 0.15) is 17.6 Å². The quantitative estimate of drug-likeness (QED) is 0.479. The van der Waals surface area contributed by atoms with Crippen LogP contribution in [0.2, 0.25) is 0 Å². The fourth-order valence-corrected chi connectivity index (χ4v) is 3.62. The summed E-state index contributed by atoms with van der Waals surface area (Å²) in [5.41, 5.74) is 3.27. The molecule has 1 aromatic carbocycles. The second kappa shape index (κ2) is 8.35. The van der Waals surface area contributed by atoms with Crippen molar-refractivity contribution in [2.75, 3.05) is 13.7 Å². The van der Waals surface area contributed by atoms with Gasteiger partial charge in [-0.25, -0.2) is 24.0 Å². The summed E-state index contributed by atoms with van der Waals surface area (Å²) in [6, 6.07) is 10.1.